The maximum Gasteiger partial charge on any atom is 0.336 e. The standard InChI is InChI=1S/C31H37N7O6.BrH/c1-18-15-26(39)44-25-17-20(11-12-21(18)25)27(40)37-28(41)23(9-5-13-35-31(33)34)36-29(42)24-10-6-14-38(24)30(43)22(32)16-19-7-3-2-4-8-19;/h2-4,7-8,11-12,15,17,22-24H,5-6,9-10,13-14,16,32H2,1H3,(H,36,42)(H4,33,34,35)(H,37,40,41);1H/t22-,23-,24-;/m0./s1. The molecule has 3 atom stereocenters. The summed E-state index contributed by atoms with van der Waals surface area (Å²) < 4.78 is 5.21. The van der Waals surface area contributed by atoms with E-state index in [1.54, 1.807) is 13.0 Å². The maximum atomic E-state index is 13.4. The summed E-state index contributed by atoms with van der Waals surface area (Å²) >= 11 is 0. The van der Waals surface area contributed by atoms with Crippen molar-refractivity contribution in [1.29, 1.82) is 0 Å². The predicted molar refractivity (Wildman–Crippen MR) is 175 cm³/mol. The minimum absolute atomic E-state index is 0. The molecule has 1 aromatic heterocycles. The number of aryl methyl sites for hydroxylation is 1. The van der Waals surface area contributed by atoms with E-state index in [1.807, 2.05) is 30.3 Å². The number of halogens is 1. The van der Waals surface area contributed by atoms with Crippen LogP contribution in [0.4, 0.5) is 0 Å². The van der Waals surface area contributed by atoms with Crippen LogP contribution in [0.25, 0.3) is 11.0 Å². The second-order valence-corrected chi connectivity index (χ2v) is 10.8. The van der Waals surface area contributed by atoms with Crippen LogP contribution in [0.1, 0.15) is 47.2 Å². The Morgan fingerprint density at radius 3 is 2.53 bits per heavy atom. The van der Waals surface area contributed by atoms with Crippen molar-refractivity contribution >= 4 is 57.5 Å². The zero-order valence-corrected chi connectivity index (χ0v) is 26.6. The number of likely N-dealkylation sites (tertiary alicyclic amines) is 1. The van der Waals surface area contributed by atoms with Gasteiger partial charge in [-0.1, -0.05) is 36.4 Å². The molecular weight excluding hydrogens is 646 g/mol. The fourth-order valence-corrected chi connectivity index (χ4v) is 5.25. The van der Waals surface area contributed by atoms with Crippen LogP contribution in [0.3, 0.4) is 0 Å². The van der Waals surface area contributed by atoms with E-state index in [2.05, 4.69) is 15.6 Å². The number of imide groups is 1. The number of benzene rings is 2. The summed E-state index contributed by atoms with van der Waals surface area (Å²) in [6, 6.07) is 12.4. The lowest BCUT2D eigenvalue weighted by atomic mass is 10.0. The van der Waals surface area contributed by atoms with E-state index in [1.165, 1.54) is 23.1 Å². The lowest BCUT2D eigenvalue weighted by molar-refractivity contribution is -0.140. The summed E-state index contributed by atoms with van der Waals surface area (Å²) in [7, 11) is 0. The summed E-state index contributed by atoms with van der Waals surface area (Å²) in [6.07, 6.45) is 1.75. The first kappa shape index (κ1) is 34.9. The van der Waals surface area contributed by atoms with Crippen molar-refractivity contribution in [3.63, 3.8) is 0 Å². The quantitative estimate of drug-likeness (QED) is 0.0843. The van der Waals surface area contributed by atoms with Gasteiger partial charge in [-0.15, -0.1) is 17.0 Å². The number of rotatable bonds is 11. The van der Waals surface area contributed by atoms with Gasteiger partial charge < -0.3 is 31.8 Å². The predicted octanol–water partition coefficient (Wildman–Crippen LogP) is 1.04. The molecule has 8 N–H and O–H groups in total. The van der Waals surface area contributed by atoms with Crippen molar-refractivity contribution < 1.29 is 23.6 Å². The molecule has 14 heteroatoms. The van der Waals surface area contributed by atoms with Crippen LogP contribution in [-0.2, 0) is 20.8 Å². The maximum absolute atomic E-state index is 13.4. The molecule has 1 fully saturated rings. The molecule has 4 amide bonds. The molecule has 4 rings (SSSR count). The smallest absolute Gasteiger partial charge is 0.336 e. The molecule has 2 heterocycles. The fourth-order valence-electron chi connectivity index (χ4n) is 5.25. The van der Waals surface area contributed by atoms with Crippen LogP contribution in [0.5, 0.6) is 0 Å². The van der Waals surface area contributed by atoms with Gasteiger partial charge in [-0.3, -0.25) is 29.5 Å². The second kappa shape index (κ2) is 16.0. The Bertz CT molecular complexity index is 1620. The van der Waals surface area contributed by atoms with E-state index in [-0.39, 0.29) is 53.0 Å². The molecule has 0 spiro atoms. The van der Waals surface area contributed by atoms with Crippen molar-refractivity contribution in [2.75, 3.05) is 13.1 Å². The molecule has 0 saturated carbocycles. The molecule has 45 heavy (non-hydrogen) atoms. The molecule has 0 radical (unpaired) electrons. The van der Waals surface area contributed by atoms with Gasteiger partial charge in [0.1, 0.15) is 17.7 Å². The number of amides is 4. The first-order valence-electron chi connectivity index (χ1n) is 14.4. The Morgan fingerprint density at radius 1 is 1.09 bits per heavy atom. The normalized spacial score (nSPS) is 15.4. The first-order valence-corrected chi connectivity index (χ1v) is 14.4. The van der Waals surface area contributed by atoms with Gasteiger partial charge in [0.2, 0.25) is 17.7 Å². The van der Waals surface area contributed by atoms with Gasteiger partial charge in [-0.05, 0) is 62.3 Å². The lowest BCUT2D eigenvalue weighted by Crippen LogP contribution is -2.56. The van der Waals surface area contributed by atoms with Gasteiger partial charge in [-0.2, -0.15) is 0 Å². The third-order valence-corrected chi connectivity index (χ3v) is 7.48. The summed E-state index contributed by atoms with van der Waals surface area (Å²) in [6.45, 7) is 2.30. The molecular formula is C31H38BrN7O6. The number of carbonyl (C=O) groups excluding carboxylic acids is 4. The van der Waals surface area contributed by atoms with Crippen LogP contribution in [0.2, 0.25) is 0 Å². The third-order valence-electron chi connectivity index (χ3n) is 7.48. The highest BCUT2D eigenvalue weighted by Gasteiger charge is 2.37. The molecule has 240 valence electrons. The van der Waals surface area contributed by atoms with E-state index in [4.69, 9.17) is 21.6 Å². The van der Waals surface area contributed by atoms with E-state index >= 15 is 0 Å². The Labute approximate surface area is 270 Å². The number of nitrogens with two attached hydrogens (primary N) is 3. The fraction of sp³-hybridized carbons (Fsp3) is 0.355. The molecule has 13 nitrogen and oxygen atoms in total. The Kier molecular flexibility index (Phi) is 12.4. The van der Waals surface area contributed by atoms with Crippen molar-refractivity contribution in [3.05, 3.63) is 81.7 Å². The number of fused-ring (bicyclic) bond motifs is 1. The topological polar surface area (TPSA) is 216 Å². The van der Waals surface area contributed by atoms with Crippen molar-refractivity contribution in [2.45, 2.75) is 57.2 Å². The van der Waals surface area contributed by atoms with E-state index in [0.717, 1.165) is 5.56 Å². The summed E-state index contributed by atoms with van der Waals surface area (Å²) in [5, 5.41) is 5.68. The summed E-state index contributed by atoms with van der Waals surface area (Å²) in [5.74, 6) is -2.49. The Balaban J connectivity index is 0.00000552. The molecule has 1 aliphatic rings. The number of nitrogens with one attached hydrogen (secondary N) is 2. The van der Waals surface area contributed by atoms with Crippen molar-refractivity contribution in [2.24, 2.45) is 22.2 Å². The highest BCUT2D eigenvalue weighted by Crippen LogP contribution is 2.20. The molecule has 2 aromatic carbocycles. The Morgan fingerprint density at radius 2 is 1.82 bits per heavy atom. The molecule has 1 aliphatic heterocycles. The summed E-state index contributed by atoms with van der Waals surface area (Å²) in [4.78, 5) is 70.1. The van der Waals surface area contributed by atoms with Crippen LogP contribution in [0, 0.1) is 6.92 Å². The largest absolute Gasteiger partial charge is 0.423 e. The second-order valence-electron chi connectivity index (χ2n) is 10.8. The van der Waals surface area contributed by atoms with Gasteiger partial charge in [0.25, 0.3) is 5.91 Å². The number of carbonyl (C=O) groups is 4. The van der Waals surface area contributed by atoms with Crippen LogP contribution in [-0.4, -0.2) is 65.7 Å². The molecule has 0 aliphatic carbocycles. The van der Waals surface area contributed by atoms with Crippen molar-refractivity contribution in [3.8, 4) is 0 Å². The minimum Gasteiger partial charge on any atom is -0.423 e. The number of hydrogen-bond donors (Lipinski definition) is 5. The van der Waals surface area contributed by atoms with Gasteiger partial charge >= 0.3 is 5.63 Å². The van der Waals surface area contributed by atoms with Gasteiger partial charge in [-0.25, -0.2) is 4.79 Å². The molecule has 3 aromatic rings. The van der Waals surface area contributed by atoms with Crippen molar-refractivity contribution in [1.82, 2.24) is 15.5 Å². The monoisotopic (exact) mass is 683 g/mol. The number of guanidine groups is 1. The molecule has 1 saturated heterocycles. The number of hydrogen-bond acceptors (Lipinski definition) is 8. The lowest BCUT2D eigenvalue weighted by Gasteiger charge is -2.28. The first-order chi connectivity index (χ1) is 21.0. The zero-order valence-electron chi connectivity index (χ0n) is 24.9. The van der Waals surface area contributed by atoms with Crippen LogP contribution in [0.15, 0.2) is 68.8 Å². The third kappa shape index (κ3) is 9.22. The number of nitrogens with zero attached hydrogens (tertiary/aromatic N) is 2. The SMILES string of the molecule is Br.Cc1cc(=O)oc2cc(C(=O)NC(=O)[C@H](CCCN=C(N)N)NC(=O)[C@@H]3CCCN3C(=O)[C@@H](N)Cc3ccccc3)ccc12. The van der Waals surface area contributed by atoms with Crippen LogP contribution < -0.4 is 33.5 Å². The minimum atomic E-state index is -1.13. The molecule has 0 unspecified atom stereocenters. The van der Waals surface area contributed by atoms with Gasteiger partial charge in [0.15, 0.2) is 5.96 Å². The van der Waals surface area contributed by atoms with E-state index in [9.17, 15) is 24.0 Å². The van der Waals surface area contributed by atoms with Crippen LogP contribution >= 0.6 is 17.0 Å². The molecule has 0 bridgehead atoms. The van der Waals surface area contributed by atoms with E-state index < -0.39 is 41.5 Å². The average Bonchev–Trinajstić information content (AvgIpc) is 3.48. The Hall–Kier alpha value is -4.56. The average molecular weight is 685 g/mol. The summed E-state index contributed by atoms with van der Waals surface area (Å²) in [5.41, 5.74) is 18.3. The zero-order chi connectivity index (χ0) is 31.8. The highest BCUT2D eigenvalue weighted by molar-refractivity contribution is 8.93. The van der Waals surface area contributed by atoms with Gasteiger partial charge in [0.05, 0.1) is 6.04 Å². The van der Waals surface area contributed by atoms with E-state index in [0.29, 0.717) is 43.2 Å². The highest BCUT2D eigenvalue weighted by atomic mass is 79.9. The number of aliphatic imine (C=N–C) groups is 1. The van der Waals surface area contributed by atoms with Gasteiger partial charge in [0, 0.05) is 30.1 Å².